The Morgan fingerprint density at radius 2 is 1.74 bits per heavy atom. The first kappa shape index (κ1) is 18.1. The Morgan fingerprint density at radius 3 is 2.37 bits per heavy atom. The maximum atomic E-state index is 12.5. The second-order valence-corrected chi connectivity index (χ2v) is 5.63. The maximum absolute atomic E-state index is 12.5. The first-order valence-electron chi connectivity index (χ1n) is 8.19. The Kier molecular flexibility index (Phi) is 5.47. The third-order valence-electron chi connectivity index (χ3n) is 3.85. The molecule has 7 nitrogen and oxygen atoms in total. The molecule has 1 N–H and O–H groups in total. The molecule has 0 atom stereocenters. The van der Waals surface area contributed by atoms with Crippen LogP contribution in [0.4, 0.5) is 5.69 Å². The number of amides is 1. The van der Waals surface area contributed by atoms with Gasteiger partial charge in [-0.2, -0.15) is 5.26 Å². The lowest BCUT2D eigenvalue weighted by Gasteiger charge is -2.18. The zero-order chi connectivity index (χ0) is 19.2. The molecule has 0 aliphatic carbocycles. The highest BCUT2D eigenvalue weighted by Crippen LogP contribution is 2.32. The summed E-state index contributed by atoms with van der Waals surface area (Å²) in [6.45, 7) is 0.940. The molecule has 2 aromatic carbocycles. The van der Waals surface area contributed by atoms with Crippen LogP contribution in [0.25, 0.3) is 6.08 Å². The minimum atomic E-state index is -0.532. The topological polar surface area (TPSA) is 89.8 Å². The SMILES string of the molecule is COc1cc(/C=C(\C#N)C(=O)Nc2ccc3c(c2)OCCO3)cc(OC)c1. The number of ether oxygens (including phenoxy) is 4. The molecule has 0 spiro atoms. The first-order chi connectivity index (χ1) is 13.1. The van der Waals surface area contributed by atoms with Crippen LogP contribution in [0.15, 0.2) is 42.0 Å². The molecule has 0 saturated heterocycles. The summed E-state index contributed by atoms with van der Waals surface area (Å²) >= 11 is 0. The van der Waals surface area contributed by atoms with Crippen LogP contribution in [0.5, 0.6) is 23.0 Å². The Bertz CT molecular complexity index is 908. The fraction of sp³-hybridized carbons (Fsp3) is 0.200. The van der Waals surface area contributed by atoms with Crippen molar-refractivity contribution in [1.82, 2.24) is 0 Å². The molecular formula is C20H18N2O5. The largest absolute Gasteiger partial charge is 0.497 e. The van der Waals surface area contributed by atoms with Crippen molar-refractivity contribution in [1.29, 1.82) is 5.26 Å². The van der Waals surface area contributed by atoms with Crippen LogP contribution < -0.4 is 24.3 Å². The molecule has 0 aromatic heterocycles. The van der Waals surface area contributed by atoms with E-state index in [1.165, 1.54) is 20.3 Å². The fourth-order valence-electron chi connectivity index (χ4n) is 2.55. The van der Waals surface area contributed by atoms with Gasteiger partial charge < -0.3 is 24.3 Å². The van der Waals surface area contributed by atoms with E-state index in [0.29, 0.717) is 47.5 Å². The average molecular weight is 366 g/mol. The summed E-state index contributed by atoms with van der Waals surface area (Å²) < 4.78 is 21.4. The number of hydrogen-bond acceptors (Lipinski definition) is 6. The second-order valence-electron chi connectivity index (χ2n) is 5.63. The van der Waals surface area contributed by atoms with Gasteiger partial charge in [0, 0.05) is 17.8 Å². The molecule has 1 aliphatic heterocycles. The minimum absolute atomic E-state index is 0.0554. The van der Waals surface area contributed by atoms with Gasteiger partial charge in [-0.25, -0.2) is 0 Å². The molecule has 0 fully saturated rings. The highest BCUT2D eigenvalue weighted by molar-refractivity contribution is 6.09. The second kappa shape index (κ2) is 8.15. The zero-order valence-corrected chi connectivity index (χ0v) is 14.9. The molecule has 1 amide bonds. The van der Waals surface area contributed by atoms with Gasteiger partial charge in [-0.05, 0) is 35.9 Å². The van der Waals surface area contributed by atoms with Crippen LogP contribution in [0.3, 0.4) is 0 Å². The highest BCUT2D eigenvalue weighted by atomic mass is 16.6. The molecule has 27 heavy (non-hydrogen) atoms. The Hall–Kier alpha value is -3.66. The Balaban J connectivity index is 1.82. The first-order valence-corrected chi connectivity index (χ1v) is 8.19. The van der Waals surface area contributed by atoms with Gasteiger partial charge in [0.1, 0.15) is 36.4 Å². The van der Waals surface area contributed by atoms with Crippen LogP contribution in [-0.4, -0.2) is 33.3 Å². The van der Waals surface area contributed by atoms with Gasteiger partial charge in [-0.15, -0.1) is 0 Å². The lowest BCUT2D eigenvalue weighted by molar-refractivity contribution is -0.112. The van der Waals surface area contributed by atoms with Gasteiger partial charge in [0.25, 0.3) is 5.91 Å². The van der Waals surface area contributed by atoms with Crippen molar-refractivity contribution < 1.29 is 23.7 Å². The van der Waals surface area contributed by atoms with E-state index in [2.05, 4.69) is 5.32 Å². The monoisotopic (exact) mass is 366 g/mol. The van der Waals surface area contributed by atoms with Crippen molar-refractivity contribution in [2.24, 2.45) is 0 Å². The summed E-state index contributed by atoms with van der Waals surface area (Å²) in [4.78, 5) is 12.5. The van der Waals surface area contributed by atoms with Crippen LogP contribution in [0.2, 0.25) is 0 Å². The number of rotatable bonds is 5. The molecule has 0 bridgehead atoms. The molecule has 0 saturated carbocycles. The van der Waals surface area contributed by atoms with E-state index in [0.717, 1.165) is 0 Å². The summed E-state index contributed by atoms with van der Waals surface area (Å²) in [5, 5.41) is 12.1. The highest BCUT2D eigenvalue weighted by Gasteiger charge is 2.15. The smallest absolute Gasteiger partial charge is 0.266 e. The molecule has 2 aromatic rings. The summed E-state index contributed by atoms with van der Waals surface area (Å²) in [5.41, 5.74) is 1.06. The molecule has 1 aliphatic rings. The number of carbonyl (C=O) groups excluding carboxylic acids is 1. The summed E-state index contributed by atoms with van der Waals surface area (Å²) in [6.07, 6.45) is 1.47. The molecule has 0 unspecified atom stereocenters. The predicted octanol–water partition coefficient (Wildman–Crippen LogP) is 3.02. The van der Waals surface area contributed by atoms with E-state index < -0.39 is 5.91 Å². The summed E-state index contributed by atoms with van der Waals surface area (Å²) in [6, 6.07) is 12.1. The molecular weight excluding hydrogens is 348 g/mol. The van der Waals surface area contributed by atoms with Gasteiger partial charge in [0.2, 0.25) is 0 Å². The number of nitriles is 1. The molecule has 1 heterocycles. The summed E-state index contributed by atoms with van der Waals surface area (Å²) in [5.74, 6) is 1.77. The van der Waals surface area contributed by atoms with Crippen LogP contribution in [0.1, 0.15) is 5.56 Å². The van der Waals surface area contributed by atoms with Crippen molar-refractivity contribution >= 4 is 17.7 Å². The van der Waals surface area contributed by atoms with Gasteiger partial charge in [-0.1, -0.05) is 0 Å². The maximum Gasteiger partial charge on any atom is 0.266 e. The Morgan fingerprint density at radius 1 is 1.07 bits per heavy atom. The minimum Gasteiger partial charge on any atom is -0.497 e. The normalized spacial score (nSPS) is 12.7. The zero-order valence-electron chi connectivity index (χ0n) is 14.9. The van der Waals surface area contributed by atoms with E-state index in [1.807, 2.05) is 6.07 Å². The molecule has 7 heteroatoms. The summed E-state index contributed by atoms with van der Waals surface area (Å²) in [7, 11) is 3.06. The van der Waals surface area contributed by atoms with E-state index in [1.54, 1.807) is 36.4 Å². The van der Waals surface area contributed by atoms with Crippen molar-refractivity contribution in [3.05, 3.63) is 47.5 Å². The van der Waals surface area contributed by atoms with Gasteiger partial charge >= 0.3 is 0 Å². The van der Waals surface area contributed by atoms with Crippen LogP contribution in [-0.2, 0) is 4.79 Å². The van der Waals surface area contributed by atoms with Gasteiger partial charge in [0.05, 0.1) is 14.2 Å². The lowest BCUT2D eigenvalue weighted by atomic mass is 10.1. The number of benzene rings is 2. The number of anilines is 1. The third-order valence-corrected chi connectivity index (χ3v) is 3.85. The van der Waals surface area contributed by atoms with E-state index in [4.69, 9.17) is 18.9 Å². The standard InChI is InChI=1S/C20H18N2O5/c1-24-16-8-13(9-17(11-16)25-2)7-14(12-21)20(23)22-15-3-4-18-19(10-15)27-6-5-26-18/h3-4,7-11H,5-6H2,1-2H3,(H,22,23)/b14-7+. The van der Waals surface area contributed by atoms with Crippen molar-refractivity contribution in [3.8, 4) is 29.1 Å². The van der Waals surface area contributed by atoms with E-state index in [-0.39, 0.29) is 5.57 Å². The molecule has 138 valence electrons. The number of nitrogens with one attached hydrogen (secondary N) is 1. The number of methoxy groups -OCH3 is 2. The average Bonchev–Trinajstić information content (AvgIpc) is 2.71. The number of hydrogen-bond donors (Lipinski definition) is 1. The lowest BCUT2D eigenvalue weighted by Crippen LogP contribution is -2.17. The van der Waals surface area contributed by atoms with Crippen molar-refractivity contribution in [2.75, 3.05) is 32.8 Å². The van der Waals surface area contributed by atoms with Gasteiger partial charge in [0.15, 0.2) is 11.5 Å². The number of nitrogens with zero attached hydrogens (tertiary/aromatic N) is 1. The number of fused-ring (bicyclic) bond motifs is 1. The quantitative estimate of drug-likeness (QED) is 0.646. The van der Waals surface area contributed by atoms with Crippen LogP contribution >= 0.6 is 0 Å². The predicted molar refractivity (Wildman–Crippen MR) is 99.2 cm³/mol. The molecule has 0 radical (unpaired) electrons. The Labute approximate surface area is 156 Å². The van der Waals surface area contributed by atoms with Crippen molar-refractivity contribution in [3.63, 3.8) is 0 Å². The fourth-order valence-corrected chi connectivity index (χ4v) is 2.55. The number of carbonyl (C=O) groups is 1. The van der Waals surface area contributed by atoms with E-state index >= 15 is 0 Å². The van der Waals surface area contributed by atoms with Crippen molar-refractivity contribution in [2.45, 2.75) is 0 Å². The van der Waals surface area contributed by atoms with Gasteiger partial charge in [-0.3, -0.25) is 4.79 Å². The van der Waals surface area contributed by atoms with Crippen LogP contribution in [0, 0.1) is 11.3 Å². The molecule has 3 rings (SSSR count). The third kappa shape index (κ3) is 4.30. The van der Waals surface area contributed by atoms with E-state index in [9.17, 15) is 10.1 Å².